The highest BCUT2D eigenvalue weighted by Gasteiger charge is 2.20. The summed E-state index contributed by atoms with van der Waals surface area (Å²) in [6.45, 7) is 6.19. The molecule has 3 rings (SSSR count). The fraction of sp³-hybridized carbons (Fsp3) is 0.222. The molecule has 0 aliphatic rings. The summed E-state index contributed by atoms with van der Waals surface area (Å²) in [4.78, 5) is 4.31. The van der Waals surface area contributed by atoms with Gasteiger partial charge in [0.2, 0.25) is 0 Å². The van der Waals surface area contributed by atoms with Crippen molar-refractivity contribution in [3.05, 3.63) is 64.5 Å². The first-order valence-electron chi connectivity index (χ1n) is 8.06. The fourth-order valence-electron chi connectivity index (χ4n) is 2.44. The molecule has 0 atom stereocenters. The van der Waals surface area contributed by atoms with E-state index in [0.717, 1.165) is 5.56 Å². The zero-order valence-electron chi connectivity index (χ0n) is 14.9. The quantitative estimate of drug-likeness (QED) is 0.659. The van der Waals surface area contributed by atoms with Crippen molar-refractivity contribution < 1.29 is 8.42 Å². The molecule has 1 N–H and O–H groups in total. The van der Waals surface area contributed by atoms with E-state index in [0.29, 0.717) is 5.02 Å². The molecule has 0 unspecified atom stereocenters. The van der Waals surface area contributed by atoms with Crippen LogP contribution < -0.4 is 4.72 Å². The zero-order chi connectivity index (χ0) is 19.8. The van der Waals surface area contributed by atoms with Gasteiger partial charge in [-0.05, 0) is 29.2 Å². The molecule has 2 heterocycles. The smallest absolute Gasteiger partial charge is 0.262 e. The van der Waals surface area contributed by atoms with Crippen LogP contribution in [0.15, 0.2) is 53.8 Å². The van der Waals surface area contributed by atoms with Crippen molar-refractivity contribution in [3.63, 3.8) is 0 Å². The largest absolute Gasteiger partial charge is 0.276 e. The van der Waals surface area contributed by atoms with Crippen LogP contribution in [0.5, 0.6) is 0 Å². The van der Waals surface area contributed by atoms with Crippen LogP contribution in [0.4, 0.5) is 5.69 Å². The Morgan fingerprint density at radius 2 is 1.70 bits per heavy atom. The summed E-state index contributed by atoms with van der Waals surface area (Å²) >= 11 is 11.9. The third-order valence-corrected chi connectivity index (χ3v) is 5.66. The van der Waals surface area contributed by atoms with Crippen molar-refractivity contribution in [2.75, 3.05) is 4.72 Å². The van der Waals surface area contributed by atoms with Crippen molar-refractivity contribution in [1.29, 1.82) is 0 Å². The molecule has 9 heteroatoms. The molecule has 0 spiro atoms. The fourth-order valence-corrected chi connectivity index (χ4v) is 3.79. The predicted octanol–water partition coefficient (Wildman–Crippen LogP) is 4.67. The Morgan fingerprint density at radius 3 is 2.26 bits per heavy atom. The summed E-state index contributed by atoms with van der Waals surface area (Å²) in [5.74, 6) is 0.265. The van der Waals surface area contributed by atoms with E-state index in [4.69, 9.17) is 23.2 Å². The second kappa shape index (κ2) is 7.14. The van der Waals surface area contributed by atoms with Crippen molar-refractivity contribution >= 4 is 38.9 Å². The zero-order valence-corrected chi connectivity index (χ0v) is 17.3. The van der Waals surface area contributed by atoms with Gasteiger partial charge in [-0.15, -0.1) is 0 Å². The first-order chi connectivity index (χ1) is 12.6. The van der Waals surface area contributed by atoms with Crippen molar-refractivity contribution in [2.24, 2.45) is 0 Å². The van der Waals surface area contributed by atoms with E-state index in [-0.39, 0.29) is 26.8 Å². The minimum absolute atomic E-state index is 0.0703. The number of rotatable bonds is 4. The summed E-state index contributed by atoms with van der Waals surface area (Å²) in [5.41, 5.74) is 1.17. The molecule has 0 bridgehead atoms. The molecule has 0 fully saturated rings. The van der Waals surface area contributed by atoms with Crippen molar-refractivity contribution in [2.45, 2.75) is 31.1 Å². The van der Waals surface area contributed by atoms with Crippen LogP contribution in [0, 0.1) is 0 Å². The Hall–Kier alpha value is -2.09. The maximum Gasteiger partial charge on any atom is 0.262 e. The molecule has 27 heavy (non-hydrogen) atoms. The van der Waals surface area contributed by atoms with E-state index in [1.165, 1.54) is 29.3 Å². The van der Waals surface area contributed by atoms with Gasteiger partial charge in [0.1, 0.15) is 0 Å². The molecule has 3 aromatic rings. The average molecular weight is 425 g/mol. The highest BCUT2D eigenvalue weighted by Crippen LogP contribution is 2.27. The van der Waals surface area contributed by atoms with Gasteiger partial charge in [0.15, 0.2) is 5.82 Å². The average Bonchev–Trinajstić information content (AvgIpc) is 3.00. The van der Waals surface area contributed by atoms with Crippen LogP contribution >= 0.6 is 23.2 Å². The summed E-state index contributed by atoms with van der Waals surface area (Å²) in [6, 6.07) is 8.23. The van der Waals surface area contributed by atoms with Crippen LogP contribution in [0.3, 0.4) is 0 Å². The molecule has 1 aromatic carbocycles. The Bertz CT molecular complexity index is 1070. The molecule has 0 saturated heterocycles. The van der Waals surface area contributed by atoms with Crippen molar-refractivity contribution in [3.8, 4) is 5.82 Å². The second-order valence-corrected chi connectivity index (χ2v) is 9.56. The number of pyridine rings is 1. The number of nitrogens with zero attached hydrogens (tertiary/aromatic N) is 3. The van der Waals surface area contributed by atoms with E-state index in [2.05, 4.69) is 35.6 Å². The summed E-state index contributed by atoms with van der Waals surface area (Å²) in [6.07, 6.45) is 4.36. The van der Waals surface area contributed by atoms with Crippen LogP contribution in [-0.2, 0) is 15.4 Å². The molecule has 0 amide bonds. The van der Waals surface area contributed by atoms with Gasteiger partial charge in [0.25, 0.3) is 10.0 Å². The van der Waals surface area contributed by atoms with Gasteiger partial charge in [-0.1, -0.05) is 56.1 Å². The van der Waals surface area contributed by atoms with Crippen LogP contribution in [0.25, 0.3) is 5.82 Å². The Labute approximate surface area is 168 Å². The molecular weight excluding hydrogens is 407 g/mol. The number of sulfonamides is 1. The third-order valence-electron chi connectivity index (χ3n) is 3.88. The lowest BCUT2D eigenvalue weighted by Crippen LogP contribution is -2.16. The topological polar surface area (TPSA) is 76.9 Å². The highest BCUT2D eigenvalue weighted by molar-refractivity contribution is 7.92. The number of benzene rings is 1. The first kappa shape index (κ1) is 19.7. The van der Waals surface area contributed by atoms with Gasteiger partial charge in [-0.3, -0.25) is 4.72 Å². The molecule has 0 saturated carbocycles. The van der Waals surface area contributed by atoms with Gasteiger partial charge in [-0.25, -0.2) is 18.1 Å². The number of hydrogen-bond donors (Lipinski definition) is 1. The SMILES string of the molecule is CC(C)(C)c1ccc(S(=O)(=O)Nc2cc(Cl)cnc2-n2cc(Cl)cn2)cc1. The third kappa shape index (κ3) is 4.43. The summed E-state index contributed by atoms with van der Waals surface area (Å²) < 4.78 is 29.6. The molecule has 6 nitrogen and oxygen atoms in total. The maximum absolute atomic E-state index is 12.8. The Morgan fingerprint density at radius 1 is 1.04 bits per heavy atom. The number of hydrogen-bond acceptors (Lipinski definition) is 4. The molecule has 2 aromatic heterocycles. The van der Waals surface area contributed by atoms with Gasteiger partial charge in [0, 0.05) is 6.20 Å². The number of nitrogens with one attached hydrogen (secondary N) is 1. The van der Waals surface area contributed by atoms with Crippen LogP contribution in [0.2, 0.25) is 10.0 Å². The van der Waals surface area contributed by atoms with E-state index < -0.39 is 10.0 Å². The predicted molar refractivity (Wildman–Crippen MR) is 107 cm³/mol. The second-order valence-electron chi connectivity index (χ2n) is 7.01. The Balaban J connectivity index is 1.98. The minimum atomic E-state index is -3.84. The van der Waals surface area contributed by atoms with Crippen molar-refractivity contribution in [1.82, 2.24) is 14.8 Å². The lowest BCUT2D eigenvalue weighted by atomic mass is 9.87. The highest BCUT2D eigenvalue weighted by atomic mass is 35.5. The maximum atomic E-state index is 12.8. The standard InChI is InChI=1S/C18H18Cl2N4O2S/c1-18(2,3)12-4-6-15(7-5-12)27(25,26)23-16-8-13(19)9-21-17(16)24-11-14(20)10-22-24/h4-11,23H,1-3H3. The van der Waals surface area contributed by atoms with Gasteiger partial charge in [0.05, 0.1) is 33.0 Å². The molecule has 0 aliphatic carbocycles. The van der Waals surface area contributed by atoms with Gasteiger partial charge >= 0.3 is 0 Å². The number of halogens is 2. The lowest BCUT2D eigenvalue weighted by molar-refractivity contribution is 0.587. The van der Waals surface area contributed by atoms with E-state index >= 15 is 0 Å². The van der Waals surface area contributed by atoms with Crippen LogP contribution in [-0.4, -0.2) is 23.2 Å². The molecule has 0 radical (unpaired) electrons. The normalized spacial score (nSPS) is 12.2. The first-order valence-corrected chi connectivity index (χ1v) is 10.3. The van der Waals surface area contributed by atoms with Gasteiger partial charge < -0.3 is 0 Å². The number of aromatic nitrogens is 3. The minimum Gasteiger partial charge on any atom is -0.276 e. The summed E-state index contributed by atoms with van der Waals surface area (Å²) in [5, 5.41) is 4.75. The summed E-state index contributed by atoms with van der Waals surface area (Å²) in [7, 11) is -3.84. The van der Waals surface area contributed by atoms with Crippen LogP contribution in [0.1, 0.15) is 26.3 Å². The van der Waals surface area contributed by atoms with E-state index in [1.54, 1.807) is 24.3 Å². The van der Waals surface area contributed by atoms with E-state index in [9.17, 15) is 8.42 Å². The monoisotopic (exact) mass is 424 g/mol. The van der Waals surface area contributed by atoms with Gasteiger partial charge in [-0.2, -0.15) is 5.10 Å². The Kier molecular flexibility index (Phi) is 5.20. The molecular formula is C18H18Cl2N4O2S. The lowest BCUT2D eigenvalue weighted by Gasteiger charge is -2.19. The number of anilines is 1. The molecule has 0 aliphatic heterocycles. The van der Waals surface area contributed by atoms with E-state index in [1.807, 2.05) is 0 Å². The molecule has 142 valence electrons.